The molecule has 0 fully saturated rings. The summed E-state index contributed by atoms with van der Waals surface area (Å²) in [7, 11) is 0. The molecule has 0 unspecified atom stereocenters. The second kappa shape index (κ2) is 8.94. The molecule has 0 saturated carbocycles. The molecule has 0 aliphatic heterocycles. The maximum absolute atomic E-state index is 12.2. The van der Waals surface area contributed by atoms with E-state index >= 15 is 0 Å². The normalized spacial score (nSPS) is 10.3. The van der Waals surface area contributed by atoms with E-state index in [1.807, 2.05) is 26.0 Å². The molecular weight excluding hydrogens is 270 g/mol. The third-order valence-electron chi connectivity index (χ3n) is 2.90. The lowest BCUT2D eigenvalue weighted by molar-refractivity contribution is -0.133. The van der Waals surface area contributed by atoms with Crippen molar-refractivity contribution in [3.05, 3.63) is 30.1 Å². The predicted octanol–water partition coefficient (Wildman–Crippen LogP) is 1.95. The van der Waals surface area contributed by atoms with Gasteiger partial charge in [0.25, 0.3) is 0 Å². The number of nitrogens with one attached hydrogen (secondary N) is 1. The summed E-state index contributed by atoms with van der Waals surface area (Å²) in [5, 5.41) is 2.55. The lowest BCUT2D eigenvalue weighted by atomic mass is 10.2. The molecule has 0 aliphatic carbocycles. The highest BCUT2D eigenvalue weighted by atomic mass is 16.5. The Morgan fingerprint density at radius 3 is 2.76 bits per heavy atom. The highest BCUT2D eigenvalue weighted by Crippen LogP contribution is 2.08. The number of pyridine rings is 1. The number of ether oxygens (including phenoxy) is 1. The van der Waals surface area contributed by atoms with E-state index in [1.165, 1.54) is 0 Å². The van der Waals surface area contributed by atoms with E-state index in [2.05, 4.69) is 10.3 Å². The Morgan fingerprint density at radius 1 is 1.43 bits per heavy atom. The smallest absolute Gasteiger partial charge is 0.407 e. The number of aromatic nitrogens is 1. The van der Waals surface area contributed by atoms with Crippen molar-refractivity contribution in [2.75, 3.05) is 13.2 Å². The van der Waals surface area contributed by atoms with Gasteiger partial charge in [0.1, 0.15) is 0 Å². The lowest BCUT2D eigenvalue weighted by Crippen LogP contribution is -2.38. The molecule has 0 bridgehead atoms. The van der Waals surface area contributed by atoms with Gasteiger partial charge < -0.3 is 15.0 Å². The number of amides is 2. The molecule has 0 atom stereocenters. The highest BCUT2D eigenvalue weighted by molar-refractivity contribution is 5.77. The highest BCUT2D eigenvalue weighted by Gasteiger charge is 2.17. The number of hydrogen-bond donors (Lipinski definition) is 1. The fraction of sp³-hybridized carbons (Fsp3) is 0.533. The fourth-order valence-corrected chi connectivity index (χ4v) is 1.84. The van der Waals surface area contributed by atoms with Crippen molar-refractivity contribution >= 4 is 12.0 Å². The van der Waals surface area contributed by atoms with Gasteiger partial charge in [0.05, 0.1) is 6.61 Å². The zero-order chi connectivity index (χ0) is 15.7. The fourth-order valence-electron chi connectivity index (χ4n) is 1.84. The molecule has 1 heterocycles. The SMILES string of the molecule is CCOC(=O)NCCC(=O)N(Cc1cccnc1)C(C)C. The van der Waals surface area contributed by atoms with Crippen molar-refractivity contribution in [3.63, 3.8) is 0 Å². The third kappa shape index (κ3) is 6.25. The van der Waals surface area contributed by atoms with Crippen LogP contribution in [0, 0.1) is 0 Å². The maximum atomic E-state index is 12.2. The van der Waals surface area contributed by atoms with Crippen molar-refractivity contribution in [1.29, 1.82) is 0 Å². The van der Waals surface area contributed by atoms with Gasteiger partial charge in [-0.25, -0.2) is 4.79 Å². The van der Waals surface area contributed by atoms with Gasteiger partial charge in [0.15, 0.2) is 0 Å². The summed E-state index contributed by atoms with van der Waals surface area (Å²) < 4.78 is 4.74. The van der Waals surface area contributed by atoms with Crippen molar-refractivity contribution < 1.29 is 14.3 Å². The van der Waals surface area contributed by atoms with E-state index in [1.54, 1.807) is 24.2 Å². The molecule has 6 nitrogen and oxygen atoms in total. The van der Waals surface area contributed by atoms with Crippen LogP contribution < -0.4 is 5.32 Å². The number of alkyl carbamates (subject to hydrolysis) is 1. The monoisotopic (exact) mass is 293 g/mol. The number of carbonyl (C=O) groups excluding carboxylic acids is 2. The van der Waals surface area contributed by atoms with Crippen LogP contribution >= 0.6 is 0 Å². The van der Waals surface area contributed by atoms with E-state index < -0.39 is 6.09 Å². The molecule has 2 amide bonds. The molecule has 0 aromatic carbocycles. The summed E-state index contributed by atoms with van der Waals surface area (Å²) in [4.78, 5) is 29.2. The minimum atomic E-state index is -0.492. The average molecular weight is 293 g/mol. The van der Waals surface area contributed by atoms with Crippen molar-refractivity contribution in [2.24, 2.45) is 0 Å². The van der Waals surface area contributed by atoms with Gasteiger partial charge in [-0.05, 0) is 32.4 Å². The first-order chi connectivity index (χ1) is 10.0. The first-order valence-electron chi connectivity index (χ1n) is 7.13. The van der Waals surface area contributed by atoms with Crippen LogP contribution in [0.1, 0.15) is 32.8 Å². The molecular formula is C15H23N3O3. The summed E-state index contributed by atoms with van der Waals surface area (Å²) >= 11 is 0. The molecule has 1 N–H and O–H groups in total. The second-order valence-electron chi connectivity index (χ2n) is 4.87. The van der Waals surface area contributed by atoms with Crippen LogP contribution in [0.4, 0.5) is 4.79 Å². The van der Waals surface area contributed by atoms with Gasteiger partial charge >= 0.3 is 6.09 Å². The van der Waals surface area contributed by atoms with Crippen LogP contribution in [-0.2, 0) is 16.1 Å². The van der Waals surface area contributed by atoms with E-state index in [0.29, 0.717) is 13.2 Å². The van der Waals surface area contributed by atoms with E-state index in [-0.39, 0.29) is 24.9 Å². The quantitative estimate of drug-likeness (QED) is 0.834. The van der Waals surface area contributed by atoms with Gasteiger partial charge in [0.2, 0.25) is 5.91 Å². The molecule has 0 radical (unpaired) electrons. The van der Waals surface area contributed by atoms with Gasteiger partial charge in [-0.3, -0.25) is 9.78 Å². The topological polar surface area (TPSA) is 71.5 Å². The van der Waals surface area contributed by atoms with Gasteiger partial charge in [-0.2, -0.15) is 0 Å². The molecule has 1 aromatic rings. The predicted molar refractivity (Wildman–Crippen MR) is 79.6 cm³/mol. The third-order valence-corrected chi connectivity index (χ3v) is 2.90. The Balaban J connectivity index is 2.48. The summed E-state index contributed by atoms with van der Waals surface area (Å²) in [6.07, 6.45) is 3.21. The number of nitrogens with zero attached hydrogens (tertiary/aromatic N) is 2. The molecule has 0 aliphatic rings. The first kappa shape index (κ1) is 16.9. The van der Waals surface area contributed by atoms with Crippen LogP contribution in [0.5, 0.6) is 0 Å². The Kier molecular flexibility index (Phi) is 7.21. The van der Waals surface area contributed by atoms with E-state index in [0.717, 1.165) is 5.56 Å². The van der Waals surface area contributed by atoms with Crippen molar-refractivity contribution in [3.8, 4) is 0 Å². The average Bonchev–Trinajstić information content (AvgIpc) is 2.45. The Bertz CT molecular complexity index is 449. The molecule has 116 valence electrons. The molecule has 1 aromatic heterocycles. The zero-order valence-electron chi connectivity index (χ0n) is 12.8. The largest absolute Gasteiger partial charge is 0.450 e. The van der Waals surface area contributed by atoms with Crippen LogP contribution in [0.25, 0.3) is 0 Å². The number of hydrogen-bond acceptors (Lipinski definition) is 4. The van der Waals surface area contributed by atoms with E-state index in [4.69, 9.17) is 4.74 Å². The molecule has 1 rings (SSSR count). The Morgan fingerprint density at radius 2 is 2.19 bits per heavy atom. The molecule has 0 spiro atoms. The molecule has 21 heavy (non-hydrogen) atoms. The van der Waals surface area contributed by atoms with Gasteiger partial charge in [0, 0.05) is 37.9 Å². The molecule has 0 saturated heterocycles. The Hall–Kier alpha value is -2.11. The van der Waals surface area contributed by atoms with Crippen molar-refractivity contribution in [2.45, 2.75) is 39.8 Å². The van der Waals surface area contributed by atoms with E-state index in [9.17, 15) is 9.59 Å². The standard InChI is InChI=1S/C15H23N3O3/c1-4-21-15(20)17-9-7-14(19)18(12(2)3)11-13-6-5-8-16-10-13/h5-6,8,10,12H,4,7,9,11H2,1-3H3,(H,17,20). The van der Waals surface area contributed by atoms with Crippen LogP contribution in [0.2, 0.25) is 0 Å². The van der Waals surface area contributed by atoms with Crippen molar-refractivity contribution in [1.82, 2.24) is 15.2 Å². The van der Waals surface area contributed by atoms with Crippen LogP contribution in [-0.4, -0.2) is 41.1 Å². The van der Waals surface area contributed by atoms with Gasteiger partial charge in [-0.15, -0.1) is 0 Å². The summed E-state index contributed by atoms with van der Waals surface area (Å²) in [6, 6.07) is 3.87. The number of carbonyl (C=O) groups is 2. The lowest BCUT2D eigenvalue weighted by Gasteiger charge is -2.27. The summed E-state index contributed by atoms with van der Waals surface area (Å²) in [6.45, 7) is 6.77. The van der Waals surface area contributed by atoms with Gasteiger partial charge in [-0.1, -0.05) is 6.07 Å². The van der Waals surface area contributed by atoms with Crippen LogP contribution in [0.15, 0.2) is 24.5 Å². The summed E-state index contributed by atoms with van der Waals surface area (Å²) in [5.74, 6) is -0.00866. The van der Waals surface area contributed by atoms with Crippen LogP contribution in [0.3, 0.4) is 0 Å². The minimum absolute atomic E-state index is 0.00866. The summed E-state index contributed by atoms with van der Waals surface area (Å²) in [5.41, 5.74) is 0.984. The molecule has 6 heteroatoms. The minimum Gasteiger partial charge on any atom is -0.450 e. The zero-order valence-corrected chi connectivity index (χ0v) is 12.8. The Labute approximate surface area is 125 Å². The first-order valence-corrected chi connectivity index (χ1v) is 7.13. The second-order valence-corrected chi connectivity index (χ2v) is 4.87. The number of rotatable bonds is 7. The maximum Gasteiger partial charge on any atom is 0.407 e.